The van der Waals surface area contributed by atoms with Crippen LogP contribution in [0.4, 0.5) is 10.1 Å². The summed E-state index contributed by atoms with van der Waals surface area (Å²) in [7, 11) is -2.55. The molecule has 10 heteroatoms. The summed E-state index contributed by atoms with van der Waals surface area (Å²) >= 11 is 0. The molecule has 35 heavy (non-hydrogen) atoms. The van der Waals surface area contributed by atoms with Crippen molar-refractivity contribution in [2.75, 3.05) is 25.5 Å². The monoisotopic (exact) mass is 497 g/mol. The van der Waals surface area contributed by atoms with Crippen LogP contribution in [-0.4, -0.2) is 43.4 Å². The van der Waals surface area contributed by atoms with E-state index in [0.29, 0.717) is 18.0 Å². The molecule has 2 unspecified atom stereocenters. The van der Waals surface area contributed by atoms with Gasteiger partial charge in [0.1, 0.15) is 11.6 Å². The van der Waals surface area contributed by atoms with Crippen molar-refractivity contribution in [2.24, 2.45) is 5.92 Å². The molecule has 3 aromatic rings. The van der Waals surface area contributed by atoms with Gasteiger partial charge >= 0.3 is 0 Å². The molecule has 1 saturated heterocycles. The predicted octanol–water partition coefficient (Wildman–Crippen LogP) is 3.06. The number of amides is 1. The van der Waals surface area contributed by atoms with Crippen molar-refractivity contribution in [2.45, 2.75) is 23.8 Å². The zero-order chi connectivity index (χ0) is 24.7. The van der Waals surface area contributed by atoms with Crippen LogP contribution in [-0.2, 0) is 16.6 Å². The SMILES string of the molecule is COc1ccccc1NC(=O)c1cc(S(=O)(=O)N2CC3CC(C2)c2cccc(=O)n2C3)ccc1F. The first-order valence-electron chi connectivity index (χ1n) is 11.2. The number of halogens is 1. The highest BCUT2D eigenvalue weighted by Gasteiger charge is 2.39. The third kappa shape index (κ3) is 4.23. The number of fused-ring (bicyclic) bond motifs is 4. The van der Waals surface area contributed by atoms with E-state index in [4.69, 9.17) is 4.74 Å². The number of carbonyl (C=O) groups excluding carboxylic acids is 1. The maximum absolute atomic E-state index is 14.6. The molecule has 0 spiro atoms. The van der Waals surface area contributed by atoms with Gasteiger partial charge in [0, 0.05) is 37.3 Å². The van der Waals surface area contributed by atoms with Crippen molar-refractivity contribution < 1.29 is 22.3 Å². The molecule has 8 nitrogen and oxygen atoms in total. The number of para-hydroxylation sites is 2. The Balaban J connectivity index is 1.43. The molecule has 1 aromatic heterocycles. The van der Waals surface area contributed by atoms with E-state index in [1.165, 1.54) is 23.5 Å². The number of carbonyl (C=O) groups is 1. The van der Waals surface area contributed by atoms with Gasteiger partial charge in [-0.15, -0.1) is 0 Å². The standard InChI is InChI=1S/C25H24FN3O5S/c1-34-23-7-3-2-5-21(23)27-25(31)19-12-18(9-10-20(19)26)35(32,33)28-13-16-11-17(15-28)22-6-4-8-24(30)29(22)14-16/h2-10,12,16-17H,11,13-15H2,1H3,(H,27,31). The Morgan fingerprint density at radius 2 is 1.86 bits per heavy atom. The molecule has 1 fully saturated rings. The lowest BCUT2D eigenvalue weighted by molar-refractivity contribution is 0.102. The number of rotatable bonds is 5. The minimum Gasteiger partial charge on any atom is -0.495 e. The Morgan fingerprint density at radius 1 is 1.06 bits per heavy atom. The molecule has 2 aliphatic heterocycles. The van der Waals surface area contributed by atoms with E-state index in [9.17, 15) is 22.4 Å². The summed E-state index contributed by atoms with van der Waals surface area (Å²) in [4.78, 5) is 24.9. The van der Waals surface area contributed by atoms with Crippen molar-refractivity contribution in [3.05, 3.63) is 88.1 Å². The summed E-state index contributed by atoms with van der Waals surface area (Å²) < 4.78 is 50.0. The summed E-state index contributed by atoms with van der Waals surface area (Å²) in [6.45, 7) is 0.912. The van der Waals surface area contributed by atoms with E-state index in [1.54, 1.807) is 34.9 Å². The lowest BCUT2D eigenvalue weighted by Gasteiger charge is -2.42. The molecule has 2 aliphatic rings. The first kappa shape index (κ1) is 23.3. The summed E-state index contributed by atoms with van der Waals surface area (Å²) in [6, 6.07) is 15.0. The van der Waals surface area contributed by atoms with Crippen molar-refractivity contribution in [1.29, 1.82) is 0 Å². The summed E-state index contributed by atoms with van der Waals surface area (Å²) in [5.41, 5.74) is 0.693. The van der Waals surface area contributed by atoms with Crippen molar-refractivity contribution in [1.82, 2.24) is 8.87 Å². The second-order valence-electron chi connectivity index (χ2n) is 8.82. The number of anilines is 1. The largest absolute Gasteiger partial charge is 0.495 e. The number of ether oxygens (including phenoxy) is 1. The molecular weight excluding hydrogens is 473 g/mol. The van der Waals surface area contributed by atoms with E-state index < -0.39 is 21.7 Å². The molecule has 2 aromatic carbocycles. The highest BCUT2D eigenvalue weighted by molar-refractivity contribution is 7.89. The molecule has 0 aliphatic carbocycles. The third-order valence-electron chi connectivity index (χ3n) is 6.62. The molecule has 0 radical (unpaired) electrons. The number of hydrogen-bond donors (Lipinski definition) is 1. The summed E-state index contributed by atoms with van der Waals surface area (Å²) in [6.07, 6.45) is 0.797. The van der Waals surface area contributed by atoms with Crippen molar-refractivity contribution in [3.63, 3.8) is 0 Å². The fourth-order valence-electron chi connectivity index (χ4n) is 4.97. The number of nitrogens with one attached hydrogen (secondary N) is 1. The lowest BCUT2D eigenvalue weighted by atomic mass is 9.84. The molecule has 182 valence electrons. The maximum Gasteiger partial charge on any atom is 0.258 e. The van der Waals surface area contributed by atoms with Gasteiger partial charge in [0.15, 0.2) is 0 Å². The Hall–Kier alpha value is -3.50. The van der Waals surface area contributed by atoms with Crippen LogP contribution in [0.3, 0.4) is 0 Å². The zero-order valence-electron chi connectivity index (χ0n) is 19.0. The van der Waals surface area contributed by atoms with E-state index in [-0.39, 0.29) is 40.9 Å². The van der Waals surface area contributed by atoms with E-state index in [2.05, 4.69) is 5.32 Å². The van der Waals surface area contributed by atoms with Gasteiger partial charge in [0.2, 0.25) is 10.0 Å². The van der Waals surface area contributed by atoms with Crippen molar-refractivity contribution in [3.8, 4) is 5.75 Å². The Kier molecular flexibility index (Phi) is 5.94. The normalized spacial score (nSPS) is 19.6. The summed E-state index contributed by atoms with van der Waals surface area (Å²) in [5.74, 6) is -1.35. The van der Waals surface area contributed by atoms with E-state index in [1.807, 2.05) is 6.07 Å². The van der Waals surface area contributed by atoms with Gasteiger partial charge in [-0.3, -0.25) is 9.59 Å². The summed E-state index contributed by atoms with van der Waals surface area (Å²) in [5, 5.41) is 2.58. The number of piperidine rings is 1. The zero-order valence-corrected chi connectivity index (χ0v) is 19.8. The van der Waals surface area contributed by atoms with Gasteiger partial charge < -0.3 is 14.6 Å². The number of sulfonamides is 1. The van der Waals surface area contributed by atoms with Crippen LogP contribution in [0.2, 0.25) is 0 Å². The molecule has 2 atom stereocenters. The third-order valence-corrected chi connectivity index (χ3v) is 8.45. The molecule has 2 bridgehead atoms. The Bertz CT molecular complexity index is 1470. The van der Waals surface area contributed by atoms with Crippen LogP contribution in [0.15, 0.2) is 70.4 Å². The second kappa shape index (κ2) is 8.94. The minimum absolute atomic E-state index is 0.00936. The van der Waals surface area contributed by atoms with Crippen LogP contribution in [0.25, 0.3) is 0 Å². The molecule has 1 N–H and O–H groups in total. The van der Waals surface area contributed by atoms with Crippen LogP contribution in [0, 0.1) is 11.7 Å². The van der Waals surface area contributed by atoms with Gasteiger partial charge in [0.25, 0.3) is 11.5 Å². The Labute approximate surface area is 202 Å². The van der Waals surface area contributed by atoms with Crippen LogP contribution >= 0.6 is 0 Å². The fourth-order valence-corrected chi connectivity index (χ4v) is 6.56. The van der Waals surface area contributed by atoms with Gasteiger partial charge in [-0.25, -0.2) is 12.8 Å². The van der Waals surface area contributed by atoms with E-state index in [0.717, 1.165) is 24.2 Å². The molecular formula is C25H24FN3O5S. The van der Waals surface area contributed by atoms with Crippen molar-refractivity contribution >= 4 is 21.6 Å². The van der Waals surface area contributed by atoms with Crippen LogP contribution in [0.1, 0.15) is 28.4 Å². The van der Waals surface area contributed by atoms with Crippen LogP contribution in [0.5, 0.6) is 5.75 Å². The fraction of sp³-hybridized carbons (Fsp3) is 0.280. The maximum atomic E-state index is 14.6. The van der Waals surface area contributed by atoms with Gasteiger partial charge in [-0.1, -0.05) is 18.2 Å². The number of hydrogen-bond acceptors (Lipinski definition) is 5. The van der Waals surface area contributed by atoms with Gasteiger partial charge in [-0.2, -0.15) is 4.31 Å². The Morgan fingerprint density at radius 3 is 2.66 bits per heavy atom. The lowest BCUT2D eigenvalue weighted by Crippen LogP contribution is -2.49. The number of nitrogens with zero attached hydrogens (tertiary/aromatic N) is 2. The second-order valence-corrected chi connectivity index (χ2v) is 10.8. The quantitative estimate of drug-likeness (QED) is 0.584. The minimum atomic E-state index is -4.00. The average Bonchev–Trinajstić information content (AvgIpc) is 2.85. The predicted molar refractivity (Wildman–Crippen MR) is 128 cm³/mol. The van der Waals surface area contributed by atoms with Gasteiger partial charge in [-0.05, 0) is 48.7 Å². The van der Waals surface area contributed by atoms with Gasteiger partial charge in [0.05, 0.1) is 23.3 Å². The molecule has 5 rings (SSSR count). The average molecular weight is 498 g/mol. The van der Waals surface area contributed by atoms with E-state index >= 15 is 0 Å². The number of benzene rings is 2. The number of methoxy groups -OCH3 is 1. The number of pyridine rings is 1. The highest BCUT2D eigenvalue weighted by Crippen LogP contribution is 2.37. The number of aromatic nitrogens is 1. The smallest absolute Gasteiger partial charge is 0.258 e. The molecule has 0 saturated carbocycles. The first-order valence-corrected chi connectivity index (χ1v) is 12.7. The van der Waals surface area contributed by atoms with Crippen LogP contribution < -0.4 is 15.6 Å². The molecule has 3 heterocycles. The highest BCUT2D eigenvalue weighted by atomic mass is 32.2. The molecule has 1 amide bonds. The topological polar surface area (TPSA) is 97.7 Å². The first-order chi connectivity index (χ1) is 16.8.